The van der Waals surface area contributed by atoms with E-state index in [9.17, 15) is 4.79 Å². The fourth-order valence-electron chi connectivity index (χ4n) is 3.91. The van der Waals surface area contributed by atoms with Crippen molar-refractivity contribution in [2.75, 3.05) is 19.4 Å². The number of carbonyl (C=O) groups is 1. The maximum Gasteiger partial charge on any atom is 0.258 e. The van der Waals surface area contributed by atoms with Gasteiger partial charge in [0, 0.05) is 23.1 Å². The summed E-state index contributed by atoms with van der Waals surface area (Å²) in [4.78, 5) is 19.6. The monoisotopic (exact) mass is 375 g/mol. The van der Waals surface area contributed by atoms with Gasteiger partial charge in [-0.15, -0.1) is 0 Å². The summed E-state index contributed by atoms with van der Waals surface area (Å²) >= 11 is 0. The average molecular weight is 375 g/mol. The van der Waals surface area contributed by atoms with Gasteiger partial charge in [-0.1, -0.05) is 43.2 Å². The maximum atomic E-state index is 12.9. The van der Waals surface area contributed by atoms with E-state index in [2.05, 4.69) is 19.9 Å². The van der Waals surface area contributed by atoms with Crippen LogP contribution in [0, 0.1) is 6.92 Å². The summed E-state index contributed by atoms with van der Waals surface area (Å²) in [6.07, 6.45) is 2.02. The van der Waals surface area contributed by atoms with E-state index < -0.39 is 0 Å². The summed E-state index contributed by atoms with van der Waals surface area (Å²) in [5.74, 6) is 0.786. The van der Waals surface area contributed by atoms with Gasteiger partial charge in [-0.05, 0) is 25.5 Å². The second-order valence-electron chi connectivity index (χ2n) is 7.33. The lowest BCUT2D eigenvalue weighted by Gasteiger charge is -2.14. The van der Waals surface area contributed by atoms with E-state index in [1.165, 1.54) is 0 Å². The molecule has 0 saturated heterocycles. The van der Waals surface area contributed by atoms with E-state index in [1.807, 2.05) is 35.2 Å². The number of fused-ring (bicyclic) bond motifs is 2. The number of hydrogen-bond acceptors (Lipinski definition) is 4. The minimum Gasteiger partial charge on any atom is -0.496 e. The lowest BCUT2D eigenvalue weighted by molar-refractivity contribution is 0.0777. The van der Waals surface area contributed by atoms with Crippen LogP contribution in [-0.2, 0) is 6.54 Å². The Morgan fingerprint density at radius 2 is 2.04 bits per heavy atom. The van der Waals surface area contributed by atoms with Crippen LogP contribution in [0.3, 0.4) is 0 Å². The lowest BCUT2D eigenvalue weighted by Crippen LogP contribution is -2.25. The fraction of sp³-hybridized carbons (Fsp3) is 0.304. The van der Waals surface area contributed by atoms with Crippen molar-refractivity contribution in [1.82, 2.24) is 9.88 Å². The molecule has 1 aliphatic rings. The van der Waals surface area contributed by atoms with Crippen LogP contribution in [-0.4, -0.2) is 29.4 Å². The number of anilines is 1. The van der Waals surface area contributed by atoms with Crippen molar-refractivity contribution in [3.63, 3.8) is 0 Å². The number of para-hydroxylation sites is 1. The second-order valence-corrected chi connectivity index (χ2v) is 7.33. The number of nitrogen functional groups attached to an aromatic ring is 1. The summed E-state index contributed by atoms with van der Waals surface area (Å²) in [6.45, 7) is 5.43. The van der Waals surface area contributed by atoms with Gasteiger partial charge < -0.3 is 15.4 Å². The van der Waals surface area contributed by atoms with Gasteiger partial charge in [0.2, 0.25) is 0 Å². The first-order chi connectivity index (χ1) is 13.5. The fourth-order valence-corrected chi connectivity index (χ4v) is 3.91. The van der Waals surface area contributed by atoms with E-state index >= 15 is 0 Å². The zero-order valence-corrected chi connectivity index (χ0v) is 16.6. The van der Waals surface area contributed by atoms with Crippen LogP contribution in [0.4, 0.5) is 5.69 Å². The Morgan fingerprint density at radius 1 is 1.21 bits per heavy atom. The van der Waals surface area contributed by atoms with Crippen molar-refractivity contribution in [3.05, 3.63) is 53.2 Å². The van der Waals surface area contributed by atoms with Crippen molar-refractivity contribution in [3.8, 4) is 16.9 Å². The van der Waals surface area contributed by atoms with E-state index in [0.717, 1.165) is 58.4 Å². The molecule has 1 aromatic heterocycles. The molecule has 2 N–H and O–H groups in total. The number of ether oxygens (including phenoxy) is 1. The van der Waals surface area contributed by atoms with E-state index in [0.29, 0.717) is 17.8 Å². The van der Waals surface area contributed by atoms with Crippen LogP contribution in [0.15, 0.2) is 36.4 Å². The molecule has 1 aliphatic heterocycles. The summed E-state index contributed by atoms with van der Waals surface area (Å²) < 4.78 is 5.58. The van der Waals surface area contributed by atoms with Crippen molar-refractivity contribution < 1.29 is 9.53 Å². The van der Waals surface area contributed by atoms with Gasteiger partial charge in [0.25, 0.3) is 5.91 Å². The SMILES string of the molecule is CCCCN1Cc2nc3c(-c4cc(C)ccc4OC)cccc3c(N)c2C1=O. The molecule has 1 amide bonds. The number of carbonyl (C=O) groups excluding carboxylic acids is 1. The second kappa shape index (κ2) is 7.15. The number of methoxy groups -OCH3 is 1. The topological polar surface area (TPSA) is 68.5 Å². The Balaban J connectivity index is 1.91. The molecule has 0 saturated carbocycles. The van der Waals surface area contributed by atoms with Gasteiger partial charge in [0.05, 0.1) is 36.1 Å². The van der Waals surface area contributed by atoms with Gasteiger partial charge in [-0.3, -0.25) is 4.79 Å². The molecule has 5 heteroatoms. The highest BCUT2D eigenvalue weighted by Gasteiger charge is 2.32. The Labute approximate surface area is 165 Å². The van der Waals surface area contributed by atoms with E-state index in [4.69, 9.17) is 15.5 Å². The van der Waals surface area contributed by atoms with Gasteiger partial charge in [-0.25, -0.2) is 4.98 Å². The minimum absolute atomic E-state index is 0.00566. The number of aromatic nitrogens is 1. The molecular weight excluding hydrogens is 350 g/mol. The predicted molar refractivity (Wildman–Crippen MR) is 113 cm³/mol. The number of unbranched alkanes of at least 4 members (excludes halogenated alkanes) is 1. The molecule has 144 valence electrons. The molecule has 4 rings (SSSR count). The highest BCUT2D eigenvalue weighted by molar-refractivity contribution is 6.11. The number of pyridine rings is 1. The number of aryl methyl sites for hydroxylation is 1. The molecule has 0 atom stereocenters. The number of hydrogen-bond donors (Lipinski definition) is 1. The van der Waals surface area contributed by atoms with Crippen LogP contribution >= 0.6 is 0 Å². The Hall–Kier alpha value is -3.08. The standard InChI is InChI=1S/C23H25N3O2/c1-4-5-11-26-13-18-20(23(26)27)21(24)16-8-6-7-15(22(16)25-18)17-12-14(2)9-10-19(17)28-3/h6-10,12H,4-5,11,13H2,1-3H3,(H2,24,25). The van der Waals surface area contributed by atoms with Gasteiger partial charge in [0.15, 0.2) is 0 Å². The smallest absolute Gasteiger partial charge is 0.258 e. The molecule has 0 spiro atoms. The molecule has 5 nitrogen and oxygen atoms in total. The first-order valence-corrected chi connectivity index (χ1v) is 9.70. The largest absolute Gasteiger partial charge is 0.496 e. The third-order valence-corrected chi connectivity index (χ3v) is 5.40. The highest BCUT2D eigenvalue weighted by atomic mass is 16.5. The molecule has 2 heterocycles. The summed E-state index contributed by atoms with van der Waals surface area (Å²) in [5, 5.41) is 0.811. The zero-order chi connectivity index (χ0) is 19.8. The van der Waals surface area contributed by atoms with Gasteiger partial charge in [-0.2, -0.15) is 0 Å². The van der Waals surface area contributed by atoms with Crippen molar-refractivity contribution >= 4 is 22.5 Å². The molecule has 0 bridgehead atoms. The van der Waals surface area contributed by atoms with Crippen molar-refractivity contribution in [1.29, 1.82) is 0 Å². The predicted octanol–water partition coefficient (Wildman–Crippen LogP) is 4.56. The Bertz CT molecular complexity index is 1080. The normalized spacial score (nSPS) is 13.2. The minimum atomic E-state index is -0.00566. The van der Waals surface area contributed by atoms with Crippen molar-refractivity contribution in [2.24, 2.45) is 0 Å². The first-order valence-electron chi connectivity index (χ1n) is 9.70. The van der Waals surface area contributed by atoms with E-state index in [1.54, 1.807) is 7.11 Å². The van der Waals surface area contributed by atoms with Crippen LogP contribution in [0.25, 0.3) is 22.0 Å². The Kier molecular flexibility index (Phi) is 4.67. The molecule has 3 aromatic rings. The molecule has 2 aromatic carbocycles. The maximum absolute atomic E-state index is 12.9. The van der Waals surface area contributed by atoms with Crippen LogP contribution in [0.2, 0.25) is 0 Å². The molecular formula is C23H25N3O2. The number of rotatable bonds is 5. The van der Waals surface area contributed by atoms with Gasteiger partial charge in [0.1, 0.15) is 5.75 Å². The third-order valence-electron chi connectivity index (χ3n) is 5.40. The Morgan fingerprint density at radius 3 is 2.79 bits per heavy atom. The van der Waals surface area contributed by atoms with Crippen LogP contribution in [0.1, 0.15) is 41.4 Å². The number of nitrogens with two attached hydrogens (primary N) is 1. The molecule has 0 radical (unpaired) electrons. The summed E-state index contributed by atoms with van der Waals surface area (Å²) in [7, 11) is 1.67. The average Bonchev–Trinajstić information content (AvgIpc) is 3.02. The molecule has 28 heavy (non-hydrogen) atoms. The number of amides is 1. The van der Waals surface area contributed by atoms with Crippen LogP contribution in [0.5, 0.6) is 5.75 Å². The van der Waals surface area contributed by atoms with E-state index in [-0.39, 0.29) is 5.91 Å². The quantitative estimate of drug-likeness (QED) is 0.710. The summed E-state index contributed by atoms with van der Waals surface area (Å²) in [5.41, 5.74) is 12.2. The lowest BCUT2D eigenvalue weighted by atomic mass is 9.97. The highest BCUT2D eigenvalue weighted by Crippen LogP contribution is 2.39. The van der Waals surface area contributed by atoms with Crippen LogP contribution < -0.4 is 10.5 Å². The molecule has 0 aliphatic carbocycles. The molecule has 0 unspecified atom stereocenters. The number of benzene rings is 2. The third kappa shape index (κ3) is 2.87. The van der Waals surface area contributed by atoms with Gasteiger partial charge >= 0.3 is 0 Å². The zero-order valence-electron chi connectivity index (χ0n) is 16.6. The number of nitrogens with zero attached hydrogens (tertiary/aromatic N) is 2. The first kappa shape index (κ1) is 18.3. The molecule has 0 fully saturated rings. The summed E-state index contributed by atoms with van der Waals surface area (Å²) in [6, 6.07) is 12.0. The van der Waals surface area contributed by atoms with Crippen molar-refractivity contribution in [2.45, 2.75) is 33.2 Å².